The van der Waals surface area contributed by atoms with Gasteiger partial charge in [0, 0.05) is 18.7 Å². The quantitative estimate of drug-likeness (QED) is 0.252. The van der Waals surface area contributed by atoms with Crippen molar-refractivity contribution < 1.29 is 14.3 Å². The summed E-state index contributed by atoms with van der Waals surface area (Å²) in [6.07, 6.45) is -0.202. The summed E-state index contributed by atoms with van der Waals surface area (Å²) in [5.74, 6) is -0.574. The molecule has 5 rings (SSSR count). The van der Waals surface area contributed by atoms with Crippen molar-refractivity contribution in [2.45, 2.75) is 30.4 Å². The number of amides is 2. The van der Waals surface area contributed by atoms with Crippen molar-refractivity contribution in [1.29, 1.82) is 0 Å². The summed E-state index contributed by atoms with van der Waals surface area (Å²) in [4.78, 5) is 34.6. The maximum absolute atomic E-state index is 14.1. The van der Waals surface area contributed by atoms with Crippen molar-refractivity contribution in [3.63, 3.8) is 0 Å². The van der Waals surface area contributed by atoms with Gasteiger partial charge in [-0.25, -0.2) is 4.98 Å². The fourth-order valence-electron chi connectivity index (χ4n) is 4.31. The van der Waals surface area contributed by atoms with E-state index in [1.54, 1.807) is 40.5 Å². The summed E-state index contributed by atoms with van der Waals surface area (Å²) in [5, 5.41) is 2.98. The van der Waals surface area contributed by atoms with Crippen LogP contribution in [0, 0.1) is 0 Å². The molecule has 1 aliphatic rings. The number of aromatic nitrogens is 1. The van der Waals surface area contributed by atoms with Crippen LogP contribution >= 0.6 is 23.1 Å². The highest BCUT2D eigenvalue weighted by Crippen LogP contribution is 2.40. The van der Waals surface area contributed by atoms with Gasteiger partial charge in [0.05, 0.1) is 27.3 Å². The van der Waals surface area contributed by atoms with Gasteiger partial charge in [0.1, 0.15) is 5.70 Å². The maximum atomic E-state index is 14.1. The van der Waals surface area contributed by atoms with Crippen LogP contribution in [0.3, 0.4) is 0 Å². The predicted octanol–water partition coefficient (Wildman–Crippen LogP) is 5.82. The van der Waals surface area contributed by atoms with Crippen LogP contribution in [0.1, 0.15) is 29.8 Å². The van der Waals surface area contributed by atoms with Crippen molar-refractivity contribution in [2.24, 2.45) is 0 Å². The Kier molecular flexibility index (Phi) is 7.69. The number of hydrogen-bond donors (Lipinski definition) is 1. The molecule has 2 amide bonds. The molecule has 0 radical (unpaired) electrons. The van der Waals surface area contributed by atoms with Crippen molar-refractivity contribution in [2.75, 3.05) is 13.1 Å². The topological polar surface area (TPSA) is 71.5 Å². The molecule has 1 aliphatic heterocycles. The number of fused-ring (bicyclic) bond motifs is 1. The molecule has 0 bridgehead atoms. The summed E-state index contributed by atoms with van der Waals surface area (Å²) < 4.78 is 7.72. The second-order valence-electron chi connectivity index (χ2n) is 8.91. The second kappa shape index (κ2) is 11.3. The fourth-order valence-corrected chi connectivity index (χ4v) is 6.51. The molecule has 1 N–H and O–H groups in total. The van der Waals surface area contributed by atoms with Crippen LogP contribution < -0.4 is 5.32 Å². The van der Waals surface area contributed by atoms with E-state index in [9.17, 15) is 9.59 Å². The number of hydrogen-bond acceptors (Lipinski definition) is 6. The van der Waals surface area contributed by atoms with E-state index in [2.05, 4.69) is 5.32 Å². The van der Waals surface area contributed by atoms with Gasteiger partial charge in [-0.15, -0.1) is 11.3 Å². The summed E-state index contributed by atoms with van der Waals surface area (Å²) in [6.45, 7) is 4.80. The van der Waals surface area contributed by atoms with E-state index >= 15 is 0 Å². The molecule has 8 heteroatoms. The van der Waals surface area contributed by atoms with Crippen LogP contribution in [0.4, 0.5) is 0 Å². The lowest BCUT2D eigenvalue weighted by atomic mass is 10.1. The first kappa shape index (κ1) is 25.2. The molecule has 1 fully saturated rings. The average molecular weight is 530 g/mol. The third kappa shape index (κ3) is 5.93. The molecule has 2 heterocycles. The third-order valence-electron chi connectivity index (χ3n) is 5.92. The molecular formula is C29H27N3O3S2. The maximum Gasteiger partial charge on any atom is 0.271 e. The molecule has 0 unspecified atom stereocenters. The first-order valence-corrected chi connectivity index (χ1v) is 13.8. The van der Waals surface area contributed by atoms with Gasteiger partial charge < -0.3 is 15.0 Å². The zero-order chi connectivity index (χ0) is 25.8. The lowest BCUT2D eigenvalue weighted by Crippen LogP contribution is -2.50. The van der Waals surface area contributed by atoms with Gasteiger partial charge >= 0.3 is 0 Å². The fraction of sp³-hybridized carbons (Fsp3) is 0.207. The highest BCUT2D eigenvalue weighted by molar-refractivity contribution is 8.09. The second-order valence-corrected chi connectivity index (χ2v) is 11.2. The highest BCUT2D eigenvalue weighted by atomic mass is 32.2. The number of carbonyl (C=O) groups excluding carboxylic acids is 2. The molecule has 37 heavy (non-hydrogen) atoms. The Morgan fingerprint density at radius 3 is 2.14 bits per heavy atom. The average Bonchev–Trinajstić information content (AvgIpc) is 3.33. The molecule has 2 atom stereocenters. The van der Waals surface area contributed by atoms with Crippen LogP contribution in [-0.4, -0.2) is 47.0 Å². The SMILES string of the molecule is C[C@@H]1CN(C(=O)/C(NC(=O)c2ccccc2)=C(/Sc2nc3ccccc3s2)c2ccccc2)C[C@@H](C)O1. The van der Waals surface area contributed by atoms with Crippen molar-refractivity contribution in [3.05, 3.63) is 102 Å². The van der Waals surface area contributed by atoms with Crippen LogP contribution in [0.2, 0.25) is 0 Å². The number of rotatable bonds is 6. The van der Waals surface area contributed by atoms with Gasteiger partial charge in [-0.05, 0) is 43.7 Å². The number of para-hydroxylation sites is 1. The number of benzene rings is 3. The van der Waals surface area contributed by atoms with E-state index in [1.165, 1.54) is 11.8 Å². The lowest BCUT2D eigenvalue weighted by Gasteiger charge is -2.36. The van der Waals surface area contributed by atoms with Crippen LogP contribution in [0.15, 0.2) is 95.0 Å². The Morgan fingerprint density at radius 1 is 0.892 bits per heavy atom. The molecule has 4 aromatic rings. The zero-order valence-electron chi connectivity index (χ0n) is 20.6. The van der Waals surface area contributed by atoms with Crippen molar-refractivity contribution in [3.8, 4) is 0 Å². The molecule has 1 aromatic heterocycles. The number of nitrogens with one attached hydrogen (secondary N) is 1. The van der Waals surface area contributed by atoms with E-state index in [1.807, 2.05) is 74.5 Å². The van der Waals surface area contributed by atoms with Gasteiger partial charge in [0.25, 0.3) is 11.8 Å². The molecule has 6 nitrogen and oxygen atoms in total. The number of thioether (sulfide) groups is 1. The standard InChI is InChI=1S/C29H27N3O3S2/c1-19-17-32(18-20(2)35-19)28(34)25(31-27(33)22-13-7-4-8-14-22)26(21-11-5-3-6-12-21)37-29-30-23-15-9-10-16-24(23)36-29/h3-16,19-20H,17-18H2,1-2H3,(H,31,33)/b26-25-/t19-,20-/m1/s1. The summed E-state index contributed by atoms with van der Waals surface area (Å²) >= 11 is 2.96. The number of thiazole rings is 1. The van der Waals surface area contributed by atoms with Gasteiger partial charge in [0.2, 0.25) is 0 Å². The molecule has 0 spiro atoms. The largest absolute Gasteiger partial charge is 0.372 e. The van der Waals surface area contributed by atoms with Gasteiger partial charge in [0.15, 0.2) is 4.34 Å². The van der Waals surface area contributed by atoms with E-state index in [-0.39, 0.29) is 29.7 Å². The normalized spacial score (nSPS) is 18.4. The van der Waals surface area contributed by atoms with E-state index in [0.717, 1.165) is 20.1 Å². The summed E-state index contributed by atoms with van der Waals surface area (Å²) in [6, 6.07) is 26.6. The van der Waals surface area contributed by atoms with E-state index < -0.39 is 0 Å². The van der Waals surface area contributed by atoms with E-state index in [4.69, 9.17) is 9.72 Å². The highest BCUT2D eigenvalue weighted by Gasteiger charge is 2.31. The van der Waals surface area contributed by atoms with Crippen LogP contribution in [-0.2, 0) is 9.53 Å². The Balaban J connectivity index is 1.62. The van der Waals surface area contributed by atoms with Gasteiger partial charge in [-0.2, -0.15) is 0 Å². The molecule has 0 saturated carbocycles. The first-order chi connectivity index (χ1) is 18.0. The number of ether oxygens (including phenoxy) is 1. The lowest BCUT2D eigenvalue weighted by molar-refractivity contribution is -0.139. The number of carbonyl (C=O) groups is 2. The molecule has 3 aromatic carbocycles. The Morgan fingerprint density at radius 2 is 1.49 bits per heavy atom. The molecular weight excluding hydrogens is 502 g/mol. The zero-order valence-corrected chi connectivity index (χ0v) is 22.2. The predicted molar refractivity (Wildman–Crippen MR) is 149 cm³/mol. The first-order valence-electron chi connectivity index (χ1n) is 12.1. The Bertz CT molecular complexity index is 1390. The van der Waals surface area contributed by atoms with Crippen LogP contribution in [0.25, 0.3) is 15.1 Å². The molecule has 0 aliphatic carbocycles. The Hall–Kier alpha value is -3.46. The Labute approximate surface area is 224 Å². The van der Waals surface area contributed by atoms with E-state index in [0.29, 0.717) is 23.6 Å². The molecule has 188 valence electrons. The third-order valence-corrected chi connectivity index (χ3v) is 8.16. The van der Waals surface area contributed by atoms with Crippen LogP contribution in [0.5, 0.6) is 0 Å². The minimum Gasteiger partial charge on any atom is -0.372 e. The summed E-state index contributed by atoms with van der Waals surface area (Å²) in [5.41, 5.74) is 2.46. The number of morpholine rings is 1. The minimum absolute atomic E-state index is 0.101. The van der Waals surface area contributed by atoms with Gasteiger partial charge in [-0.1, -0.05) is 72.4 Å². The van der Waals surface area contributed by atoms with Crippen molar-refractivity contribution in [1.82, 2.24) is 15.2 Å². The minimum atomic E-state index is -0.336. The van der Waals surface area contributed by atoms with Gasteiger partial charge in [-0.3, -0.25) is 9.59 Å². The number of nitrogens with zero attached hydrogens (tertiary/aromatic N) is 2. The van der Waals surface area contributed by atoms with Crippen molar-refractivity contribution >= 4 is 50.0 Å². The smallest absolute Gasteiger partial charge is 0.271 e. The summed E-state index contributed by atoms with van der Waals surface area (Å²) in [7, 11) is 0. The molecule has 1 saturated heterocycles. The monoisotopic (exact) mass is 529 g/mol.